The number of ether oxygens (including phenoxy) is 2. The molecule has 0 bridgehead atoms. The highest BCUT2D eigenvalue weighted by Gasteiger charge is 2.71. The van der Waals surface area contributed by atoms with Gasteiger partial charge in [0.15, 0.2) is 22.9 Å². The first-order valence-electron chi connectivity index (χ1n) is 13.1. The van der Waals surface area contributed by atoms with Crippen LogP contribution >= 0.6 is 0 Å². The maximum atomic E-state index is 7.01. The van der Waals surface area contributed by atoms with Gasteiger partial charge in [0.2, 0.25) is 5.69 Å². The van der Waals surface area contributed by atoms with E-state index in [4.69, 9.17) is 19.7 Å². The molecule has 2 heterocycles. The maximum Gasteiger partial charge on any atom is 0.762 e. The molecule has 0 aliphatic carbocycles. The lowest BCUT2D eigenvalue weighted by molar-refractivity contribution is -0.902. The second-order valence-electron chi connectivity index (χ2n) is 10.3. The van der Waals surface area contributed by atoms with Crippen LogP contribution in [0.3, 0.4) is 0 Å². The summed E-state index contributed by atoms with van der Waals surface area (Å²) >= 11 is 0. The highest BCUT2D eigenvalue weighted by atomic mass is 16.8. The number of rotatable bonds is 2. The second kappa shape index (κ2) is 8.60. The molecule has 1 spiro atoms. The average molecular weight is 513 g/mol. The monoisotopic (exact) mass is 512 g/mol. The Bertz CT molecular complexity index is 1850. The first-order chi connectivity index (χ1) is 18.9. The van der Waals surface area contributed by atoms with Gasteiger partial charge in [-0.2, -0.15) is 0 Å². The highest BCUT2D eigenvalue weighted by molar-refractivity contribution is 5.90. The molecule has 0 saturated carbocycles. The molecule has 190 valence electrons. The predicted molar refractivity (Wildman–Crippen MR) is 150 cm³/mol. The van der Waals surface area contributed by atoms with Crippen molar-refractivity contribution < 1.29 is 18.9 Å². The summed E-state index contributed by atoms with van der Waals surface area (Å²) < 4.78 is 17.7. The zero-order chi connectivity index (χ0) is 26.7. The summed E-state index contributed by atoms with van der Waals surface area (Å²) in [6.45, 7) is 8.22. The zero-order valence-corrected chi connectivity index (χ0v) is 22.3. The van der Waals surface area contributed by atoms with Crippen LogP contribution in [0.1, 0.15) is 22.3 Å². The number of hydrogen-bond acceptors (Lipinski definition) is 4. The van der Waals surface area contributed by atoms with Crippen LogP contribution in [0.15, 0.2) is 107 Å². The molecule has 0 amide bonds. The summed E-state index contributed by atoms with van der Waals surface area (Å²) in [5.74, 6) is 1.34. The van der Waals surface area contributed by atoms with Gasteiger partial charge in [0.1, 0.15) is 0 Å². The molecule has 39 heavy (non-hydrogen) atoms. The molecule has 0 N–H and O–H groups in total. The van der Waals surface area contributed by atoms with Crippen molar-refractivity contribution in [2.24, 2.45) is 10.2 Å². The molecular formula is C33H28N4O2+2. The summed E-state index contributed by atoms with van der Waals surface area (Å²) in [7, 11) is 0. The molecule has 1 atom stereocenters. The molecule has 6 heteroatoms. The largest absolute Gasteiger partial charge is 0.762 e. The van der Waals surface area contributed by atoms with Gasteiger partial charge in [0, 0.05) is 28.4 Å². The summed E-state index contributed by atoms with van der Waals surface area (Å²) in [4.78, 5) is 0. The lowest BCUT2D eigenvalue weighted by Gasteiger charge is -2.29. The minimum absolute atomic E-state index is 0.668. The van der Waals surface area contributed by atoms with E-state index in [0.29, 0.717) is 11.5 Å². The van der Waals surface area contributed by atoms with Crippen molar-refractivity contribution in [3.05, 3.63) is 119 Å². The van der Waals surface area contributed by atoms with E-state index in [9.17, 15) is 0 Å². The van der Waals surface area contributed by atoms with Crippen molar-refractivity contribution in [3.8, 4) is 11.5 Å². The highest BCUT2D eigenvalue weighted by Crippen LogP contribution is 2.50. The van der Waals surface area contributed by atoms with E-state index in [0.717, 1.165) is 55.8 Å². The Labute approximate surface area is 227 Å². The fraction of sp³-hybridized carbons (Fsp3) is 0.152. The smallest absolute Gasteiger partial charge is 0.334 e. The second-order valence-corrected chi connectivity index (χ2v) is 10.3. The van der Waals surface area contributed by atoms with Gasteiger partial charge in [0.25, 0.3) is 5.69 Å². The van der Waals surface area contributed by atoms with Crippen LogP contribution in [-0.4, -0.2) is 15.4 Å². The van der Waals surface area contributed by atoms with Gasteiger partial charge in [-0.05, 0) is 73.5 Å². The van der Waals surface area contributed by atoms with E-state index in [1.807, 2.05) is 83.9 Å². The Kier molecular flexibility index (Phi) is 5.13. The molecular weight excluding hydrogens is 484 g/mol. The first kappa shape index (κ1) is 23.3. The fourth-order valence-electron chi connectivity index (χ4n) is 5.56. The molecule has 5 aromatic rings. The molecule has 0 unspecified atom stereocenters. The Hall–Kier alpha value is -4.84. The normalized spacial score (nSPS) is 17.5. The van der Waals surface area contributed by atoms with Crippen LogP contribution in [0.25, 0.3) is 10.8 Å². The van der Waals surface area contributed by atoms with Gasteiger partial charge in [-0.1, -0.05) is 60.7 Å². The molecule has 7 rings (SSSR count). The number of fused-ring (bicyclic) bond motifs is 3. The predicted octanol–water partition coefficient (Wildman–Crippen LogP) is 9.03. The Morgan fingerprint density at radius 2 is 1.15 bits per heavy atom. The molecule has 0 fully saturated rings. The van der Waals surface area contributed by atoms with E-state index in [2.05, 4.69) is 50.2 Å². The van der Waals surface area contributed by atoms with Crippen LogP contribution in [0.4, 0.5) is 22.7 Å². The number of azo groups is 4. The maximum absolute atomic E-state index is 7.01. The van der Waals surface area contributed by atoms with Gasteiger partial charge in [-0.3, -0.25) is 0 Å². The minimum atomic E-state index is -1.56. The molecule has 0 saturated heterocycles. The third-order valence-corrected chi connectivity index (χ3v) is 7.22. The SMILES string of the molecule is Cc1cc(C)c2c(c1)N=[N+](c1ccccc1)[C@]1(O2)Oc2c(C)cc(C)cc2N=[N+]1c1cccc2ccccc12. The topological polar surface area (TPSA) is 49.2 Å². The van der Waals surface area contributed by atoms with Crippen molar-refractivity contribution in [2.75, 3.05) is 0 Å². The fourth-order valence-corrected chi connectivity index (χ4v) is 5.56. The number of aryl methyl sites for hydroxylation is 4. The number of nitrogens with zero attached hydrogens (tertiary/aromatic N) is 4. The third kappa shape index (κ3) is 3.63. The van der Waals surface area contributed by atoms with Crippen LogP contribution in [0, 0.1) is 27.7 Å². The summed E-state index contributed by atoms with van der Waals surface area (Å²) in [6.07, 6.45) is 0. The quantitative estimate of drug-likeness (QED) is 0.222. The summed E-state index contributed by atoms with van der Waals surface area (Å²) in [5, 5.41) is 12.5. The van der Waals surface area contributed by atoms with Gasteiger partial charge < -0.3 is 9.47 Å². The Balaban J connectivity index is 1.60. The van der Waals surface area contributed by atoms with Crippen molar-refractivity contribution in [2.45, 2.75) is 33.7 Å². The molecule has 2 aliphatic rings. The van der Waals surface area contributed by atoms with Crippen LogP contribution < -0.4 is 9.47 Å². The minimum Gasteiger partial charge on any atom is -0.334 e. The lowest BCUT2D eigenvalue weighted by Crippen LogP contribution is -2.59. The van der Waals surface area contributed by atoms with Gasteiger partial charge >= 0.3 is 6.03 Å². The Morgan fingerprint density at radius 1 is 0.590 bits per heavy atom. The van der Waals surface area contributed by atoms with E-state index >= 15 is 0 Å². The molecule has 0 radical (unpaired) electrons. The lowest BCUT2D eigenvalue weighted by atomic mass is 10.1. The van der Waals surface area contributed by atoms with Gasteiger partial charge in [-0.15, -0.1) is 0 Å². The van der Waals surface area contributed by atoms with Crippen LogP contribution in [0.2, 0.25) is 0 Å². The molecule has 6 nitrogen and oxygen atoms in total. The van der Waals surface area contributed by atoms with E-state index < -0.39 is 6.03 Å². The van der Waals surface area contributed by atoms with Gasteiger partial charge in [-0.25, -0.2) is 0 Å². The molecule has 0 aromatic heterocycles. The summed E-state index contributed by atoms with van der Waals surface area (Å²) in [6, 6.07) is 31.1. The van der Waals surface area contributed by atoms with E-state index in [1.165, 1.54) is 0 Å². The molecule has 5 aromatic carbocycles. The van der Waals surface area contributed by atoms with E-state index in [-0.39, 0.29) is 0 Å². The number of benzene rings is 5. The van der Waals surface area contributed by atoms with Gasteiger partial charge in [0.05, 0.1) is 14.8 Å². The van der Waals surface area contributed by atoms with Crippen LogP contribution in [0.5, 0.6) is 11.5 Å². The van der Waals surface area contributed by atoms with Crippen LogP contribution in [-0.2, 0) is 0 Å². The average Bonchev–Trinajstić information content (AvgIpc) is 2.93. The third-order valence-electron chi connectivity index (χ3n) is 7.22. The standard InChI is InChI=1S/C33H28N4O2/c1-21-17-23(3)31-28(19-21)34-36(26-13-6-5-7-14-26)33(38-31)37(30-16-10-12-25-11-8-9-15-27(25)30)35-29-20-22(2)18-24(4)32(29)39-33/h5-20H,1-4H3/q+2/t33-/m0/s1. The zero-order valence-electron chi connectivity index (χ0n) is 22.3. The van der Waals surface area contributed by atoms with E-state index in [1.54, 1.807) is 0 Å². The summed E-state index contributed by atoms with van der Waals surface area (Å²) in [5.41, 5.74) is 7.34. The van der Waals surface area contributed by atoms with Crippen molar-refractivity contribution in [1.29, 1.82) is 0 Å². The van der Waals surface area contributed by atoms with Crippen molar-refractivity contribution in [3.63, 3.8) is 0 Å². The van der Waals surface area contributed by atoms with Crippen molar-refractivity contribution >= 4 is 33.5 Å². The number of para-hydroxylation sites is 1. The number of hydrogen-bond donors (Lipinski definition) is 0. The van der Waals surface area contributed by atoms with Crippen molar-refractivity contribution in [1.82, 2.24) is 0 Å². The first-order valence-corrected chi connectivity index (χ1v) is 13.1. The Morgan fingerprint density at radius 3 is 1.82 bits per heavy atom. The molecule has 2 aliphatic heterocycles.